The summed E-state index contributed by atoms with van der Waals surface area (Å²) in [6.07, 6.45) is 111. The lowest BCUT2D eigenvalue weighted by molar-refractivity contribution is -0.161. The van der Waals surface area contributed by atoms with Gasteiger partial charge in [-0.15, -0.1) is 0 Å². The van der Waals surface area contributed by atoms with Crippen LogP contribution in [0.1, 0.15) is 361 Å². The Morgan fingerprint density at radius 1 is 0.279 bits per heavy atom. The van der Waals surface area contributed by atoms with Gasteiger partial charge in [0.1, 0.15) is 6.61 Å². The Labute approximate surface area is 534 Å². The fourth-order valence-electron chi connectivity index (χ4n) is 10.7. The van der Waals surface area contributed by atoms with E-state index in [-0.39, 0.29) is 25.2 Å². The van der Waals surface area contributed by atoms with Gasteiger partial charge < -0.3 is 14.6 Å². The second-order valence-electron chi connectivity index (χ2n) is 24.6. The molecule has 1 atom stereocenters. The van der Waals surface area contributed by atoms with Gasteiger partial charge in [0.15, 0.2) is 6.10 Å². The van der Waals surface area contributed by atoms with Crippen molar-refractivity contribution in [1.82, 2.24) is 0 Å². The summed E-state index contributed by atoms with van der Waals surface area (Å²) in [5, 5.41) is 9.72. The van der Waals surface area contributed by atoms with E-state index < -0.39 is 6.10 Å². The Hall–Kier alpha value is -3.70. The number of hydrogen-bond donors (Lipinski definition) is 1. The first kappa shape index (κ1) is 82.3. The molecule has 0 aliphatic carbocycles. The highest BCUT2D eigenvalue weighted by Crippen LogP contribution is 2.18. The van der Waals surface area contributed by atoms with Crippen molar-refractivity contribution >= 4 is 11.9 Å². The number of allylic oxidation sites excluding steroid dienone is 20. The Kier molecular flexibility index (Phi) is 72.3. The molecule has 494 valence electrons. The topological polar surface area (TPSA) is 72.8 Å². The standard InChI is InChI=1S/C81H140O5/c1-3-5-7-9-11-13-15-17-19-21-23-25-27-29-31-33-35-36-37-38-39-40-41-42-43-44-46-48-50-52-54-56-58-60-62-64-66-68-70-72-74-76-81(84)86-79(77-82)78-85-80(83)75-73-71-69-67-65-63-61-59-57-55-53-51-49-47-45-34-32-30-28-26-24-22-20-18-16-14-12-10-8-6-4-2/h5,7,11,13,16-19,22-25,28-31,35-36,38-39,79,82H,3-4,6,8-10,12,14-15,20-21,26-27,32-34,37,40-78H2,1-2H3/b7-5-,13-11-,18-16-,19-17-,24-22-,25-23-,30-28-,31-29-,36-35-,39-38-. The van der Waals surface area contributed by atoms with Crippen LogP contribution in [-0.4, -0.2) is 36.4 Å². The lowest BCUT2D eigenvalue weighted by atomic mass is 10.0. The summed E-state index contributed by atoms with van der Waals surface area (Å²) in [4.78, 5) is 24.7. The van der Waals surface area contributed by atoms with E-state index in [1.54, 1.807) is 0 Å². The molecular weight excluding hydrogens is 1050 g/mol. The molecule has 0 saturated carbocycles. The van der Waals surface area contributed by atoms with E-state index >= 15 is 0 Å². The number of aliphatic hydroxyl groups excluding tert-OH is 1. The van der Waals surface area contributed by atoms with Crippen molar-refractivity contribution in [3.63, 3.8) is 0 Å². The van der Waals surface area contributed by atoms with Crippen LogP contribution in [0, 0.1) is 0 Å². The summed E-state index contributed by atoms with van der Waals surface area (Å²) in [7, 11) is 0. The molecule has 0 aromatic carbocycles. The van der Waals surface area contributed by atoms with Crippen LogP contribution in [-0.2, 0) is 19.1 Å². The van der Waals surface area contributed by atoms with Gasteiger partial charge in [0.2, 0.25) is 0 Å². The quantitative estimate of drug-likeness (QED) is 0.0373. The maximum atomic E-state index is 12.4. The monoisotopic (exact) mass is 1190 g/mol. The summed E-state index contributed by atoms with van der Waals surface area (Å²) in [5.41, 5.74) is 0. The van der Waals surface area contributed by atoms with Crippen LogP contribution < -0.4 is 0 Å². The first-order chi connectivity index (χ1) is 42.6. The van der Waals surface area contributed by atoms with Crippen LogP contribution >= 0.6 is 0 Å². The van der Waals surface area contributed by atoms with Crippen molar-refractivity contribution in [2.75, 3.05) is 13.2 Å². The van der Waals surface area contributed by atoms with E-state index in [4.69, 9.17) is 9.47 Å². The Morgan fingerprint density at radius 2 is 0.500 bits per heavy atom. The molecule has 0 radical (unpaired) electrons. The number of carbonyl (C=O) groups excluding carboxylic acids is 2. The lowest BCUT2D eigenvalue weighted by Gasteiger charge is -2.15. The molecule has 0 bridgehead atoms. The highest BCUT2D eigenvalue weighted by molar-refractivity contribution is 5.70. The van der Waals surface area contributed by atoms with Gasteiger partial charge in [-0.25, -0.2) is 0 Å². The maximum Gasteiger partial charge on any atom is 0.306 e. The number of unbranched alkanes of at least 4 members (excludes halogenated alkanes) is 40. The molecule has 1 N–H and O–H groups in total. The predicted molar refractivity (Wildman–Crippen MR) is 380 cm³/mol. The molecule has 0 amide bonds. The van der Waals surface area contributed by atoms with Crippen LogP contribution in [0.2, 0.25) is 0 Å². The third kappa shape index (κ3) is 72.8. The molecule has 0 aromatic rings. The zero-order valence-corrected chi connectivity index (χ0v) is 56.8. The van der Waals surface area contributed by atoms with Crippen molar-refractivity contribution in [3.05, 3.63) is 122 Å². The second kappa shape index (κ2) is 75.5. The third-order valence-electron chi connectivity index (χ3n) is 16.2. The van der Waals surface area contributed by atoms with E-state index in [1.807, 2.05) is 0 Å². The van der Waals surface area contributed by atoms with Crippen molar-refractivity contribution < 1.29 is 24.2 Å². The van der Waals surface area contributed by atoms with Gasteiger partial charge in [-0.2, -0.15) is 0 Å². The van der Waals surface area contributed by atoms with E-state index in [0.29, 0.717) is 12.8 Å². The van der Waals surface area contributed by atoms with Crippen LogP contribution in [0.25, 0.3) is 0 Å². The molecule has 0 aromatic heterocycles. The molecule has 0 heterocycles. The number of rotatable bonds is 68. The van der Waals surface area contributed by atoms with E-state index in [1.165, 1.54) is 238 Å². The van der Waals surface area contributed by atoms with Gasteiger partial charge in [-0.05, 0) is 109 Å². The third-order valence-corrected chi connectivity index (χ3v) is 16.2. The minimum absolute atomic E-state index is 0.0659. The van der Waals surface area contributed by atoms with E-state index in [2.05, 4.69) is 135 Å². The molecule has 0 aliphatic rings. The lowest BCUT2D eigenvalue weighted by Crippen LogP contribution is -2.28. The molecule has 0 fully saturated rings. The van der Waals surface area contributed by atoms with Gasteiger partial charge in [-0.1, -0.05) is 360 Å². The second-order valence-corrected chi connectivity index (χ2v) is 24.6. The highest BCUT2D eigenvalue weighted by atomic mass is 16.6. The molecule has 0 spiro atoms. The highest BCUT2D eigenvalue weighted by Gasteiger charge is 2.16. The molecule has 0 rings (SSSR count). The fraction of sp³-hybridized carbons (Fsp3) is 0.728. The number of carbonyl (C=O) groups is 2. The fourth-order valence-corrected chi connectivity index (χ4v) is 10.7. The van der Waals surface area contributed by atoms with Crippen molar-refractivity contribution in [2.24, 2.45) is 0 Å². The molecule has 1 unspecified atom stereocenters. The molecule has 5 nitrogen and oxygen atoms in total. The summed E-state index contributed by atoms with van der Waals surface area (Å²) < 4.78 is 10.8. The Balaban J connectivity index is 3.45. The van der Waals surface area contributed by atoms with Crippen LogP contribution in [0.5, 0.6) is 0 Å². The average molecular weight is 1190 g/mol. The maximum absolute atomic E-state index is 12.4. The largest absolute Gasteiger partial charge is 0.462 e. The molecule has 0 saturated heterocycles. The molecular formula is C81H140O5. The van der Waals surface area contributed by atoms with Gasteiger partial charge in [0, 0.05) is 12.8 Å². The number of aliphatic hydroxyl groups is 1. The van der Waals surface area contributed by atoms with Gasteiger partial charge >= 0.3 is 11.9 Å². The van der Waals surface area contributed by atoms with Crippen LogP contribution in [0.3, 0.4) is 0 Å². The van der Waals surface area contributed by atoms with Crippen molar-refractivity contribution in [3.8, 4) is 0 Å². The normalized spacial score (nSPS) is 12.9. The zero-order chi connectivity index (χ0) is 61.9. The Morgan fingerprint density at radius 3 is 0.756 bits per heavy atom. The predicted octanol–water partition coefficient (Wildman–Crippen LogP) is 26.1. The summed E-state index contributed by atoms with van der Waals surface area (Å²) in [6, 6.07) is 0. The minimum Gasteiger partial charge on any atom is -0.462 e. The van der Waals surface area contributed by atoms with Crippen LogP contribution in [0.4, 0.5) is 0 Å². The first-order valence-corrected chi connectivity index (χ1v) is 37.1. The van der Waals surface area contributed by atoms with Gasteiger partial charge in [-0.3, -0.25) is 9.59 Å². The molecule has 0 aliphatic heterocycles. The summed E-state index contributed by atoms with van der Waals surface area (Å²) in [5.74, 6) is -0.578. The van der Waals surface area contributed by atoms with E-state index in [9.17, 15) is 14.7 Å². The van der Waals surface area contributed by atoms with Crippen LogP contribution in [0.15, 0.2) is 122 Å². The van der Waals surface area contributed by atoms with Gasteiger partial charge in [0.25, 0.3) is 0 Å². The molecule has 86 heavy (non-hydrogen) atoms. The zero-order valence-electron chi connectivity index (χ0n) is 56.8. The average Bonchev–Trinajstić information content (AvgIpc) is 3.54. The Bertz CT molecular complexity index is 1690. The van der Waals surface area contributed by atoms with E-state index in [0.717, 1.165) is 96.3 Å². The number of esters is 2. The number of hydrogen-bond acceptors (Lipinski definition) is 5. The molecule has 5 heteroatoms. The summed E-state index contributed by atoms with van der Waals surface area (Å²) in [6.45, 7) is 4.05. The minimum atomic E-state index is -0.777. The number of ether oxygens (including phenoxy) is 2. The smallest absolute Gasteiger partial charge is 0.306 e. The van der Waals surface area contributed by atoms with Crippen molar-refractivity contribution in [1.29, 1.82) is 0 Å². The van der Waals surface area contributed by atoms with Gasteiger partial charge in [0.05, 0.1) is 6.61 Å². The van der Waals surface area contributed by atoms with Crippen molar-refractivity contribution in [2.45, 2.75) is 367 Å². The SMILES string of the molecule is CC/C=C\C/C=C\C/C=C\C/C=C\C/C=C\C/C=C\C/C=C\CCCCCCCCCCCCCCCCCCCCCC(=O)OC(CO)COC(=O)CCCCCCCCCCCCCCCCCC/C=C\C/C=C\C/C=C\CCCCCCC. The first-order valence-electron chi connectivity index (χ1n) is 37.1. The summed E-state index contributed by atoms with van der Waals surface area (Å²) >= 11 is 0.